The summed E-state index contributed by atoms with van der Waals surface area (Å²) in [6, 6.07) is 0. The Bertz CT molecular complexity index is 238. The lowest BCUT2D eigenvalue weighted by atomic mass is 10.2. The first kappa shape index (κ1) is 8.10. The first-order chi connectivity index (χ1) is 5.05. The molecule has 0 atom stereocenters. The normalized spacial score (nSPS) is 12.0. The maximum atomic E-state index is 12.0. The summed E-state index contributed by atoms with van der Waals surface area (Å²) >= 11 is 0. The number of aryl methyl sites for hydroxylation is 1. The summed E-state index contributed by atoms with van der Waals surface area (Å²) in [4.78, 5) is 0. The van der Waals surface area contributed by atoms with Gasteiger partial charge in [-0.1, -0.05) is 6.92 Å². The lowest BCUT2D eigenvalue weighted by molar-refractivity contribution is -0.138. The van der Waals surface area contributed by atoms with Gasteiger partial charge >= 0.3 is 6.18 Å². The Kier molecular flexibility index (Phi) is 1.89. The van der Waals surface area contributed by atoms with Crippen molar-refractivity contribution in [1.82, 2.24) is 10.2 Å². The molecule has 11 heavy (non-hydrogen) atoms. The standard InChI is InChI=1S/C6H7F3N2/c1-2-5-4(3-10-11-5)6(7,8)9/h3H,2H2,1H3,(H,10,11). The number of aromatic amines is 1. The molecule has 0 spiro atoms. The molecule has 2 nitrogen and oxygen atoms in total. The van der Waals surface area contributed by atoms with E-state index < -0.39 is 11.7 Å². The SMILES string of the molecule is CCc1[nH]ncc1C(F)(F)F. The van der Waals surface area contributed by atoms with Crippen molar-refractivity contribution in [2.24, 2.45) is 0 Å². The van der Waals surface area contributed by atoms with Gasteiger partial charge in [0.15, 0.2) is 0 Å². The summed E-state index contributed by atoms with van der Waals surface area (Å²) in [7, 11) is 0. The van der Waals surface area contributed by atoms with Crippen molar-refractivity contribution in [2.75, 3.05) is 0 Å². The van der Waals surface area contributed by atoms with Crippen molar-refractivity contribution in [3.8, 4) is 0 Å². The van der Waals surface area contributed by atoms with Crippen LogP contribution in [-0.2, 0) is 12.6 Å². The number of alkyl halides is 3. The zero-order valence-corrected chi connectivity index (χ0v) is 5.87. The van der Waals surface area contributed by atoms with Crippen molar-refractivity contribution >= 4 is 0 Å². The van der Waals surface area contributed by atoms with Gasteiger partial charge in [0.25, 0.3) is 0 Å². The Labute approximate surface area is 61.4 Å². The summed E-state index contributed by atoms with van der Waals surface area (Å²) in [6.07, 6.45) is -3.16. The van der Waals surface area contributed by atoms with E-state index in [0.29, 0.717) is 6.42 Å². The van der Waals surface area contributed by atoms with E-state index in [9.17, 15) is 13.2 Å². The Morgan fingerprint density at radius 2 is 2.18 bits per heavy atom. The molecule has 0 fully saturated rings. The van der Waals surface area contributed by atoms with Gasteiger partial charge in [0, 0.05) is 5.69 Å². The van der Waals surface area contributed by atoms with Crippen LogP contribution in [0.1, 0.15) is 18.2 Å². The van der Waals surface area contributed by atoms with Crippen LogP contribution in [-0.4, -0.2) is 10.2 Å². The largest absolute Gasteiger partial charge is 0.419 e. The molecule has 0 aromatic carbocycles. The van der Waals surface area contributed by atoms with E-state index in [0.717, 1.165) is 6.20 Å². The Hall–Kier alpha value is -1.00. The highest BCUT2D eigenvalue weighted by Gasteiger charge is 2.34. The third-order valence-electron chi connectivity index (χ3n) is 1.38. The van der Waals surface area contributed by atoms with Gasteiger partial charge in [-0.2, -0.15) is 18.3 Å². The third kappa shape index (κ3) is 1.53. The number of rotatable bonds is 1. The van der Waals surface area contributed by atoms with Crippen LogP contribution in [0.4, 0.5) is 13.2 Å². The van der Waals surface area contributed by atoms with Crippen LogP contribution in [0, 0.1) is 0 Å². The number of hydrogen-bond donors (Lipinski definition) is 1. The smallest absolute Gasteiger partial charge is 0.282 e. The predicted molar refractivity (Wildman–Crippen MR) is 33.0 cm³/mol. The molecule has 1 rings (SSSR count). The van der Waals surface area contributed by atoms with Gasteiger partial charge in [-0.05, 0) is 6.42 Å². The average molecular weight is 164 g/mol. The molecule has 0 saturated carbocycles. The molecule has 1 N–H and O–H groups in total. The maximum Gasteiger partial charge on any atom is 0.419 e. The predicted octanol–water partition coefficient (Wildman–Crippen LogP) is 1.99. The second kappa shape index (κ2) is 2.56. The molecule has 0 saturated heterocycles. The Balaban J connectivity index is 3.02. The Morgan fingerprint density at radius 3 is 2.55 bits per heavy atom. The van der Waals surface area contributed by atoms with Crippen molar-refractivity contribution < 1.29 is 13.2 Å². The van der Waals surface area contributed by atoms with Crippen molar-refractivity contribution in [3.63, 3.8) is 0 Å². The van der Waals surface area contributed by atoms with Crippen LogP contribution in [0.2, 0.25) is 0 Å². The molecule has 1 aromatic rings. The van der Waals surface area contributed by atoms with E-state index in [1.165, 1.54) is 0 Å². The summed E-state index contributed by atoms with van der Waals surface area (Å²) < 4.78 is 36.0. The maximum absolute atomic E-state index is 12.0. The first-order valence-electron chi connectivity index (χ1n) is 3.15. The van der Waals surface area contributed by atoms with E-state index in [2.05, 4.69) is 10.2 Å². The molecular formula is C6H7F3N2. The third-order valence-corrected chi connectivity index (χ3v) is 1.38. The highest BCUT2D eigenvalue weighted by Crippen LogP contribution is 2.30. The lowest BCUT2D eigenvalue weighted by Gasteiger charge is -2.03. The van der Waals surface area contributed by atoms with Crippen LogP contribution in [0.25, 0.3) is 0 Å². The van der Waals surface area contributed by atoms with Crippen LogP contribution in [0.3, 0.4) is 0 Å². The summed E-state index contributed by atoms with van der Waals surface area (Å²) in [5.41, 5.74) is -0.530. The molecule has 1 aromatic heterocycles. The van der Waals surface area contributed by atoms with Crippen LogP contribution in [0.5, 0.6) is 0 Å². The molecule has 0 radical (unpaired) electrons. The quantitative estimate of drug-likeness (QED) is 0.675. The number of nitrogens with one attached hydrogen (secondary N) is 1. The topological polar surface area (TPSA) is 28.7 Å². The molecular weight excluding hydrogens is 157 g/mol. The summed E-state index contributed by atoms with van der Waals surface area (Å²) in [5.74, 6) is 0. The molecule has 1 heterocycles. The van der Waals surface area contributed by atoms with E-state index in [-0.39, 0.29) is 5.69 Å². The second-order valence-corrected chi connectivity index (χ2v) is 2.11. The van der Waals surface area contributed by atoms with Gasteiger partial charge in [-0.15, -0.1) is 0 Å². The number of hydrogen-bond acceptors (Lipinski definition) is 1. The monoisotopic (exact) mass is 164 g/mol. The average Bonchev–Trinajstić information content (AvgIpc) is 2.31. The van der Waals surface area contributed by atoms with Crippen molar-refractivity contribution in [2.45, 2.75) is 19.5 Å². The molecule has 0 amide bonds. The Morgan fingerprint density at radius 1 is 1.55 bits per heavy atom. The molecule has 0 aliphatic carbocycles. The fourth-order valence-electron chi connectivity index (χ4n) is 0.827. The van der Waals surface area contributed by atoms with Gasteiger partial charge in [0.05, 0.1) is 11.8 Å². The first-order valence-corrected chi connectivity index (χ1v) is 3.15. The molecule has 0 aliphatic heterocycles. The van der Waals surface area contributed by atoms with Crippen molar-refractivity contribution in [1.29, 1.82) is 0 Å². The highest BCUT2D eigenvalue weighted by atomic mass is 19.4. The molecule has 0 unspecified atom stereocenters. The van der Waals surface area contributed by atoms with Crippen LogP contribution in [0.15, 0.2) is 6.20 Å². The van der Waals surface area contributed by atoms with Gasteiger partial charge < -0.3 is 0 Å². The van der Waals surface area contributed by atoms with Crippen LogP contribution < -0.4 is 0 Å². The fourth-order valence-corrected chi connectivity index (χ4v) is 0.827. The van der Waals surface area contributed by atoms with Gasteiger partial charge in [-0.25, -0.2) is 0 Å². The number of H-pyrrole nitrogens is 1. The van der Waals surface area contributed by atoms with Gasteiger partial charge in [0.2, 0.25) is 0 Å². The zero-order chi connectivity index (χ0) is 8.48. The van der Waals surface area contributed by atoms with Gasteiger partial charge in [0.1, 0.15) is 0 Å². The van der Waals surface area contributed by atoms with Crippen LogP contribution >= 0.6 is 0 Å². The van der Waals surface area contributed by atoms with E-state index in [1.807, 2.05) is 0 Å². The number of nitrogens with zero attached hydrogens (tertiary/aromatic N) is 1. The zero-order valence-electron chi connectivity index (χ0n) is 5.87. The van der Waals surface area contributed by atoms with E-state index in [1.54, 1.807) is 6.92 Å². The minimum absolute atomic E-state index is 0.137. The molecule has 0 aliphatic rings. The molecule has 62 valence electrons. The minimum atomic E-state index is -4.28. The number of aromatic nitrogens is 2. The van der Waals surface area contributed by atoms with E-state index >= 15 is 0 Å². The van der Waals surface area contributed by atoms with Crippen molar-refractivity contribution in [3.05, 3.63) is 17.5 Å². The van der Waals surface area contributed by atoms with Gasteiger partial charge in [-0.3, -0.25) is 5.10 Å². The second-order valence-electron chi connectivity index (χ2n) is 2.11. The summed E-state index contributed by atoms with van der Waals surface area (Å²) in [6.45, 7) is 1.64. The van der Waals surface area contributed by atoms with E-state index in [4.69, 9.17) is 0 Å². The minimum Gasteiger partial charge on any atom is -0.282 e. The molecule has 0 bridgehead atoms. The lowest BCUT2D eigenvalue weighted by Crippen LogP contribution is -2.06. The number of halogens is 3. The molecule has 5 heteroatoms. The summed E-state index contributed by atoms with van der Waals surface area (Å²) in [5, 5.41) is 5.61. The fraction of sp³-hybridized carbons (Fsp3) is 0.500. The highest BCUT2D eigenvalue weighted by molar-refractivity contribution is 5.19.